The minimum atomic E-state index is -1.08. The molecule has 2 aromatic carbocycles. The number of ketones is 1. The summed E-state index contributed by atoms with van der Waals surface area (Å²) in [5, 5.41) is 3.15. The molecule has 5 nitrogen and oxygen atoms in total. The third-order valence-corrected chi connectivity index (χ3v) is 4.69. The Morgan fingerprint density at radius 2 is 1.85 bits per heavy atom. The summed E-state index contributed by atoms with van der Waals surface area (Å²) in [4.78, 5) is 25.6. The number of esters is 1. The van der Waals surface area contributed by atoms with Crippen LogP contribution in [0.3, 0.4) is 0 Å². The number of benzene rings is 2. The maximum Gasteiger partial charge on any atom is 0.343 e. The van der Waals surface area contributed by atoms with E-state index >= 15 is 0 Å². The van der Waals surface area contributed by atoms with Crippen molar-refractivity contribution in [2.75, 3.05) is 18.2 Å². The number of hydrogen-bond donors (Lipinski definition) is 1. The van der Waals surface area contributed by atoms with Gasteiger partial charge in [-0.25, -0.2) is 4.79 Å². The van der Waals surface area contributed by atoms with Crippen LogP contribution in [0.25, 0.3) is 0 Å². The Balaban J connectivity index is 2.29. The van der Waals surface area contributed by atoms with Crippen LogP contribution in [-0.4, -0.2) is 29.2 Å². The highest BCUT2D eigenvalue weighted by molar-refractivity contribution is 7.90. The van der Waals surface area contributed by atoms with E-state index in [0.717, 1.165) is 0 Å². The van der Waals surface area contributed by atoms with Gasteiger partial charge in [0.25, 0.3) is 0 Å². The zero-order valence-electron chi connectivity index (χ0n) is 14.3. The molecule has 2 rings (SSSR count). The number of hydrogen-bond acceptors (Lipinski definition) is 5. The average Bonchev–Trinajstić information content (AvgIpc) is 2.62. The van der Waals surface area contributed by atoms with E-state index in [1.807, 2.05) is 0 Å². The first-order chi connectivity index (χ1) is 12.4. The molecule has 0 saturated carbocycles. The lowest BCUT2D eigenvalue weighted by atomic mass is 10.0. The minimum absolute atomic E-state index is 0.142. The van der Waals surface area contributed by atoms with Crippen LogP contribution in [0.4, 0.5) is 5.69 Å². The number of Topliss-reactive ketones (excluding diaryl/α,β-unsaturated/α-hetero) is 1. The van der Waals surface area contributed by atoms with Crippen molar-refractivity contribution < 1.29 is 18.9 Å². The minimum Gasteiger partial charge on any atom is -0.612 e. The van der Waals surface area contributed by atoms with Crippen LogP contribution in [0, 0.1) is 0 Å². The van der Waals surface area contributed by atoms with Crippen molar-refractivity contribution >= 4 is 40.2 Å². The van der Waals surface area contributed by atoms with Crippen LogP contribution in [0.15, 0.2) is 65.2 Å². The molecule has 2 aromatic rings. The van der Waals surface area contributed by atoms with E-state index in [2.05, 4.69) is 5.32 Å². The van der Waals surface area contributed by atoms with Crippen molar-refractivity contribution in [3.05, 3.63) is 70.9 Å². The van der Waals surface area contributed by atoms with E-state index in [9.17, 15) is 14.1 Å². The van der Waals surface area contributed by atoms with Crippen molar-refractivity contribution in [1.29, 1.82) is 0 Å². The van der Waals surface area contributed by atoms with Gasteiger partial charge in [0.05, 0.1) is 11.6 Å². The number of carbonyl (C=O) groups is 2. The molecule has 0 aliphatic heterocycles. The second-order valence-corrected chi connectivity index (χ2v) is 7.00. The maximum atomic E-state index is 12.7. The highest BCUT2D eigenvalue weighted by Gasteiger charge is 2.23. The SMILES string of the molecule is CCOC(=O)C(=CNc1ccc([S+](C)[O-])cc1)C(=O)c1ccccc1Cl. The van der Waals surface area contributed by atoms with Gasteiger partial charge in [-0.15, -0.1) is 0 Å². The van der Waals surface area contributed by atoms with Crippen LogP contribution in [0.1, 0.15) is 17.3 Å². The molecule has 0 aliphatic carbocycles. The van der Waals surface area contributed by atoms with Crippen LogP contribution < -0.4 is 5.32 Å². The van der Waals surface area contributed by atoms with Gasteiger partial charge in [0, 0.05) is 17.5 Å². The average molecular weight is 392 g/mol. The molecule has 0 bridgehead atoms. The van der Waals surface area contributed by atoms with E-state index in [1.54, 1.807) is 61.7 Å². The number of nitrogens with one attached hydrogen (secondary N) is 1. The summed E-state index contributed by atoms with van der Waals surface area (Å²) in [7, 11) is 0. The van der Waals surface area contributed by atoms with E-state index in [4.69, 9.17) is 16.3 Å². The summed E-state index contributed by atoms with van der Waals surface area (Å²) in [5.41, 5.74) is 0.683. The predicted molar refractivity (Wildman–Crippen MR) is 103 cm³/mol. The quantitative estimate of drug-likeness (QED) is 0.194. The Bertz CT molecular complexity index is 819. The standard InChI is InChI=1S/C19H18ClNO4S/c1-3-25-19(23)16(18(22)15-6-4-5-7-17(15)20)12-21-13-8-10-14(11-9-13)26(2)24/h4-12,21H,3H2,1-2H3. The van der Waals surface area contributed by atoms with Crippen LogP contribution in [-0.2, 0) is 20.7 Å². The summed E-state index contributed by atoms with van der Waals surface area (Å²) in [6, 6.07) is 13.3. The molecule has 26 heavy (non-hydrogen) atoms. The molecule has 0 heterocycles. The molecule has 1 atom stereocenters. The Kier molecular flexibility index (Phi) is 7.26. The van der Waals surface area contributed by atoms with Gasteiger partial charge in [-0.3, -0.25) is 4.79 Å². The van der Waals surface area contributed by atoms with Gasteiger partial charge in [-0.05, 0) is 54.5 Å². The molecule has 7 heteroatoms. The van der Waals surface area contributed by atoms with Crippen LogP contribution >= 0.6 is 11.6 Å². The lowest BCUT2D eigenvalue weighted by Gasteiger charge is -2.09. The molecule has 0 aliphatic rings. The number of halogens is 1. The third kappa shape index (κ3) is 5.11. The van der Waals surface area contributed by atoms with Gasteiger partial charge >= 0.3 is 5.97 Å². The zero-order valence-corrected chi connectivity index (χ0v) is 15.9. The predicted octanol–water partition coefficient (Wildman–Crippen LogP) is 3.82. The number of carbonyl (C=O) groups excluding carboxylic acids is 2. The van der Waals surface area contributed by atoms with E-state index < -0.39 is 22.9 Å². The molecule has 0 fully saturated rings. The lowest BCUT2D eigenvalue weighted by molar-refractivity contribution is -0.138. The molecular weight excluding hydrogens is 374 g/mol. The van der Waals surface area contributed by atoms with Gasteiger partial charge < -0.3 is 14.6 Å². The number of rotatable bonds is 7. The fourth-order valence-corrected chi connectivity index (χ4v) is 2.86. The molecular formula is C19H18ClNO4S. The molecule has 1 N–H and O–H groups in total. The summed E-state index contributed by atoms with van der Waals surface area (Å²) < 4.78 is 16.4. The Hall–Kier alpha value is -2.28. The Morgan fingerprint density at radius 3 is 2.42 bits per heavy atom. The lowest BCUT2D eigenvalue weighted by Crippen LogP contribution is -2.18. The second kappa shape index (κ2) is 9.43. The molecule has 0 spiro atoms. The van der Waals surface area contributed by atoms with Gasteiger partial charge in [-0.2, -0.15) is 0 Å². The fourth-order valence-electron chi connectivity index (χ4n) is 2.11. The highest BCUT2D eigenvalue weighted by atomic mass is 35.5. The second-order valence-electron chi connectivity index (χ2n) is 5.21. The molecule has 0 radical (unpaired) electrons. The Morgan fingerprint density at radius 1 is 1.19 bits per heavy atom. The topological polar surface area (TPSA) is 78.5 Å². The summed E-state index contributed by atoms with van der Waals surface area (Å²) in [5.74, 6) is -1.27. The monoisotopic (exact) mass is 391 g/mol. The first-order valence-electron chi connectivity index (χ1n) is 7.80. The third-order valence-electron chi connectivity index (χ3n) is 3.43. The normalized spacial score (nSPS) is 12.4. The largest absolute Gasteiger partial charge is 0.612 e. The van der Waals surface area contributed by atoms with E-state index in [0.29, 0.717) is 10.6 Å². The molecule has 0 aromatic heterocycles. The van der Waals surface area contributed by atoms with Crippen molar-refractivity contribution in [3.8, 4) is 0 Å². The first-order valence-corrected chi connectivity index (χ1v) is 9.74. The van der Waals surface area contributed by atoms with Gasteiger partial charge in [0.15, 0.2) is 4.90 Å². The molecule has 1 unspecified atom stereocenters. The van der Waals surface area contributed by atoms with Crippen molar-refractivity contribution in [1.82, 2.24) is 0 Å². The maximum absolute atomic E-state index is 12.7. The summed E-state index contributed by atoms with van der Waals surface area (Å²) >= 11 is 4.98. The molecule has 136 valence electrons. The van der Waals surface area contributed by atoms with Gasteiger partial charge in [0.1, 0.15) is 11.8 Å². The van der Waals surface area contributed by atoms with Crippen LogP contribution in [0.2, 0.25) is 5.02 Å². The molecule has 0 amide bonds. The van der Waals surface area contributed by atoms with E-state index in [-0.39, 0.29) is 22.8 Å². The van der Waals surface area contributed by atoms with Gasteiger partial charge in [0.2, 0.25) is 5.78 Å². The summed E-state index contributed by atoms with van der Waals surface area (Å²) in [6.07, 6.45) is 2.88. The number of anilines is 1. The smallest absolute Gasteiger partial charge is 0.343 e. The Labute approximate surface area is 160 Å². The van der Waals surface area contributed by atoms with Crippen LogP contribution in [0.5, 0.6) is 0 Å². The van der Waals surface area contributed by atoms with Crippen molar-refractivity contribution in [3.63, 3.8) is 0 Å². The number of ether oxygens (including phenoxy) is 1. The summed E-state index contributed by atoms with van der Waals surface area (Å²) in [6.45, 7) is 1.80. The zero-order chi connectivity index (χ0) is 19.1. The van der Waals surface area contributed by atoms with Gasteiger partial charge in [-0.1, -0.05) is 23.7 Å². The highest BCUT2D eigenvalue weighted by Crippen LogP contribution is 2.20. The first kappa shape index (κ1) is 20.0. The fraction of sp³-hybridized carbons (Fsp3) is 0.158. The molecule has 0 saturated heterocycles. The van der Waals surface area contributed by atoms with Crippen molar-refractivity contribution in [2.24, 2.45) is 0 Å². The van der Waals surface area contributed by atoms with E-state index in [1.165, 1.54) is 6.20 Å². The van der Waals surface area contributed by atoms with Crippen molar-refractivity contribution in [2.45, 2.75) is 11.8 Å².